The fourth-order valence-corrected chi connectivity index (χ4v) is 2.16. The lowest BCUT2D eigenvalue weighted by Gasteiger charge is -2.18. The van der Waals surface area contributed by atoms with Crippen LogP contribution in [0.3, 0.4) is 0 Å². The van der Waals surface area contributed by atoms with Crippen LogP contribution < -0.4 is 5.32 Å². The van der Waals surface area contributed by atoms with Gasteiger partial charge < -0.3 is 15.3 Å². The predicted molar refractivity (Wildman–Crippen MR) is 90.4 cm³/mol. The number of benzene rings is 1. The lowest BCUT2D eigenvalue weighted by molar-refractivity contribution is -0.117. The Morgan fingerprint density at radius 1 is 1.39 bits per heavy atom. The Hall–Kier alpha value is -2.32. The van der Waals surface area contributed by atoms with Gasteiger partial charge in [0, 0.05) is 19.3 Å². The van der Waals surface area contributed by atoms with Gasteiger partial charge in [-0.15, -0.1) is 0 Å². The Bertz CT molecular complexity index is 573. The molecule has 0 spiro atoms. The molecule has 0 aliphatic rings. The maximum Gasteiger partial charge on any atom is 0.263 e. The molecule has 0 aliphatic heterocycles. The van der Waals surface area contributed by atoms with Crippen molar-refractivity contribution in [1.82, 2.24) is 10.2 Å². The van der Waals surface area contributed by atoms with Crippen LogP contribution in [0.15, 0.2) is 36.0 Å². The van der Waals surface area contributed by atoms with Crippen molar-refractivity contribution in [2.24, 2.45) is 0 Å². The van der Waals surface area contributed by atoms with Crippen LogP contribution in [0.25, 0.3) is 0 Å². The topological polar surface area (TPSA) is 76.4 Å². The Labute approximate surface area is 138 Å². The summed E-state index contributed by atoms with van der Waals surface area (Å²) in [7, 11) is 0. The summed E-state index contributed by atoms with van der Waals surface area (Å²) < 4.78 is 0. The number of aryl methyl sites for hydroxylation is 1. The van der Waals surface area contributed by atoms with E-state index in [2.05, 4.69) is 12.2 Å². The molecule has 1 amide bonds. The van der Waals surface area contributed by atoms with Crippen LogP contribution >= 0.6 is 0 Å². The third-order valence-corrected chi connectivity index (χ3v) is 3.71. The summed E-state index contributed by atoms with van der Waals surface area (Å²) in [6, 6.07) is 9.80. The summed E-state index contributed by atoms with van der Waals surface area (Å²) in [4.78, 5) is 14.0. The Morgan fingerprint density at radius 2 is 2.04 bits per heavy atom. The van der Waals surface area contributed by atoms with Crippen molar-refractivity contribution in [2.75, 3.05) is 19.7 Å². The van der Waals surface area contributed by atoms with Crippen molar-refractivity contribution in [2.45, 2.75) is 33.2 Å². The largest absolute Gasteiger partial charge is 0.395 e. The first-order chi connectivity index (χ1) is 11.0. The number of aliphatic hydroxyl groups is 1. The molecular formula is C18H25N3O2. The van der Waals surface area contributed by atoms with E-state index >= 15 is 0 Å². The number of nitrogens with zero attached hydrogens (tertiary/aromatic N) is 2. The minimum atomic E-state index is -0.407. The Balaban J connectivity index is 2.78. The van der Waals surface area contributed by atoms with Gasteiger partial charge in [-0.1, -0.05) is 31.2 Å². The average Bonchev–Trinajstić information content (AvgIpc) is 2.58. The Morgan fingerprint density at radius 3 is 2.52 bits per heavy atom. The van der Waals surface area contributed by atoms with E-state index in [0.717, 1.165) is 12.0 Å². The fourth-order valence-electron chi connectivity index (χ4n) is 2.16. The zero-order chi connectivity index (χ0) is 17.2. The second kappa shape index (κ2) is 9.65. The number of hydrogen-bond donors (Lipinski definition) is 2. The molecule has 1 unspecified atom stereocenters. The number of rotatable bonds is 8. The monoisotopic (exact) mass is 315 g/mol. The van der Waals surface area contributed by atoms with E-state index in [0.29, 0.717) is 13.1 Å². The van der Waals surface area contributed by atoms with E-state index in [1.54, 1.807) is 4.90 Å². The van der Waals surface area contributed by atoms with Gasteiger partial charge in [-0.2, -0.15) is 5.26 Å². The molecule has 2 N–H and O–H groups in total. The molecule has 1 aromatic carbocycles. The Kier molecular flexibility index (Phi) is 7.86. The van der Waals surface area contributed by atoms with E-state index in [-0.39, 0.29) is 18.2 Å². The fraction of sp³-hybridized carbons (Fsp3) is 0.444. The summed E-state index contributed by atoms with van der Waals surface area (Å²) >= 11 is 0. The van der Waals surface area contributed by atoms with Gasteiger partial charge in [0.25, 0.3) is 5.91 Å². The molecule has 1 rings (SSSR count). The van der Waals surface area contributed by atoms with E-state index < -0.39 is 5.91 Å². The van der Waals surface area contributed by atoms with Crippen LogP contribution in [-0.4, -0.2) is 35.6 Å². The number of nitrogens with one attached hydrogen (secondary N) is 1. The molecule has 23 heavy (non-hydrogen) atoms. The molecule has 0 fully saturated rings. The van der Waals surface area contributed by atoms with Gasteiger partial charge in [0.15, 0.2) is 0 Å². The van der Waals surface area contributed by atoms with Crippen LogP contribution in [0, 0.1) is 11.3 Å². The first-order valence-electron chi connectivity index (χ1n) is 7.92. The number of likely N-dealkylation sites (N-methyl/N-ethyl adjacent to an activating group) is 1. The van der Waals surface area contributed by atoms with Crippen LogP contribution in [-0.2, 0) is 11.2 Å². The smallest absolute Gasteiger partial charge is 0.263 e. The average molecular weight is 315 g/mol. The summed E-state index contributed by atoms with van der Waals surface area (Å²) in [5.74, 6) is -0.407. The molecule has 1 atom stereocenters. The molecule has 5 heteroatoms. The first-order valence-corrected chi connectivity index (χ1v) is 7.92. The minimum Gasteiger partial charge on any atom is -0.395 e. The number of carbonyl (C=O) groups excluding carboxylic acids is 1. The van der Waals surface area contributed by atoms with Gasteiger partial charge in [0.2, 0.25) is 0 Å². The van der Waals surface area contributed by atoms with Crippen LogP contribution in [0.5, 0.6) is 0 Å². The van der Waals surface area contributed by atoms with Crippen molar-refractivity contribution in [3.8, 4) is 6.07 Å². The molecular weight excluding hydrogens is 290 g/mol. The van der Waals surface area contributed by atoms with Crippen molar-refractivity contribution >= 4 is 5.91 Å². The number of hydrogen-bond acceptors (Lipinski definition) is 4. The second-order valence-corrected chi connectivity index (χ2v) is 5.30. The summed E-state index contributed by atoms with van der Waals surface area (Å²) in [6.07, 6.45) is 2.47. The predicted octanol–water partition coefficient (Wildman–Crippen LogP) is 2.15. The quantitative estimate of drug-likeness (QED) is 0.569. The van der Waals surface area contributed by atoms with Gasteiger partial charge >= 0.3 is 0 Å². The zero-order valence-corrected chi connectivity index (χ0v) is 14.0. The molecule has 0 saturated carbocycles. The summed E-state index contributed by atoms with van der Waals surface area (Å²) in [5, 5.41) is 21.0. The highest BCUT2D eigenvalue weighted by atomic mass is 16.3. The minimum absolute atomic E-state index is 0.0230. The summed E-state index contributed by atoms with van der Waals surface area (Å²) in [5.41, 5.74) is 2.28. The van der Waals surface area contributed by atoms with Crippen LogP contribution in [0.2, 0.25) is 0 Å². The molecule has 124 valence electrons. The maximum atomic E-state index is 12.2. The molecule has 0 aromatic heterocycles. The van der Waals surface area contributed by atoms with E-state index in [9.17, 15) is 10.1 Å². The number of aliphatic hydroxyl groups excluding tert-OH is 1. The SMILES string of the molecule is CCc1ccc(C(C)NC(=O)/C(C#N)=C\N(CC)CCO)cc1. The van der Waals surface area contributed by atoms with Crippen molar-refractivity contribution in [1.29, 1.82) is 5.26 Å². The number of amides is 1. The van der Waals surface area contributed by atoms with Gasteiger partial charge in [-0.25, -0.2) is 0 Å². The van der Waals surface area contributed by atoms with Crippen LogP contribution in [0.1, 0.15) is 37.9 Å². The van der Waals surface area contributed by atoms with Gasteiger partial charge in [0.1, 0.15) is 11.6 Å². The van der Waals surface area contributed by atoms with E-state index in [1.807, 2.05) is 44.2 Å². The van der Waals surface area contributed by atoms with Crippen LogP contribution in [0.4, 0.5) is 0 Å². The number of nitriles is 1. The lowest BCUT2D eigenvalue weighted by Crippen LogP contribution is -2.29. The lowest BCUT2D eigenvalue weighted by atomic mass is 10.0. The molecule has 0 heterocycles. The molecule has 0 bridgehead atoms. The van der Waals surface area contributed by atoms with E-state index in [1.165, 1.54) is 11.8 Å². The number of carbonyl (C=O) groups is 1. The van der Waals surface area contributed by atoms with Gasteiger partial charge in [-0.3, -0.25) is 4.79 Å². The first kappa shape index (κ1) is 18.7. The third kappa shape index (κ3) is 5.76. The molecule has 0 radical (unpaired) electrons. The maximum absolute atomic E-state index is 12.2. The van der Waals surface area contributed by atoms with E-state index in [4.69, 9.17) is 5.11 Å². The van der Waals surface area contributed by atoms with Gasteiger partial charge in [0.05, 0.1) is 12.6 Å². The highest BCUT2D eigenvalue weighted by molar-refractivity contribution is 5.97. The highest BCUT2D eigenvalue weighted by Crippen LogP contribution is 2.14. The molecule has 0 aliphatic carbocycles. The zero-order valence-electron chi connectivity index (χ0n) is 14.0. The highest BCUT2D eigenvalue weighted by Gasteiger charge is 2.14. The molecule has 0 saturated heterocycles. The standard InChI is InChI=1S/C18H25N3O2/c1-4-15-6-8-16(9-7-15)14(3)20-18(23)17(12-19)13-21(5-2)10-11-22/h6-9,13-14,22H,4-5,10-11H2,1-3H3,(H,20,23)/b17-13-. The van der Waals surface area contributed by atoms with Crippen molar-refractivity contribution in [3.05, 3.63) is 47.2 Å². The third-order valence-electron chi connectivity index (χ3n) is 3.71. The van der Waals surface area contributed by atoms with Gasteiger partial charge in [-0.05, 0) is 31.4 Å². The van der Waals surface area contributed by atoms with Crippen molar-refractivity contribution in [3.63, 3.8) is 0 Å². The summed E-state index contributed by atoms with van der Waals surface area (Å²) in [6.45, 7) is 6.87. The second-order valence-electron chi connectivity index (χ2n) is 5.30. The normalized spacial score (nSPS) is 12.4. The molecule has 1 aromatic rings. The molecule has 5 nitrogen and oxygen atoms in total. The van der Waals surface area contributed by atoms with Crippen molar-refractivity contribution < 1.29 is 9.90 Å².